The van der Waals surface area contributed by atoms with Gasteiger partial charge in [-0.2, -0.15) is 0 Å². The van der Waals surface area contributed by atoms with Gasteiger partial charge in [-0.15, -0.1) is 0 Å². The third-order valence-electron chi connectivity index (χ3n) is 3.24. The molecule has 112 valence electrons. The molecular formula is C15H23FN2O2. The first-order valence-electron chi connectivity index (χ1n) is 7.03. The number of nitrogens with zero attached hydrogens (tertiary/aromatic N) is 1. The van der Waals surface area contributed by atoms with Gasteiger partial charge in [0.15, 0.2) is 0 Å². The molecule has 0 aromatic heterocycles. The van der Waals surface area contributed by atoms with Crippen LogP contribution in [-0.2, 0) is 11.2 Å². The summed E-state index contributed by atoms with van der Waals surface area (Å²) in [5.74, 6) is 0.607. The summed E-state index contributed by atoms with van der Waals surface area (Å²) in [7, 11) is 4.05. The Morgan fingerprint density at radius 1 is 1.40 bits per heavy atom. The number of hydrogen-bond donors (Lipinski definition) is 1. The van der Waals surface area contributed by atoms with Gasteiger partial charge in [0.05, 0.1) is 13.2 Å². The number of halogens is 1. The predicted molar refractivity (Wildman–Crippen MR) is 76.8 cm³/mol. The average Bonchev–Trinajstić information content (AvgIpc) is 2.79. The van der Waals surface area contributed by atoms with Gasteiger partial charge in [0, 0.05) is 31.6 Å². The molecule has 0 bridgehead atoms. The molecule has 0 radical (unpaired) electrons. The van der Waals surface area contributed by atoms with E-state index in [1.807, 2.05) is 14.1 Å². The number of benzene rings is 1. The van der Waals surface area contributed by atoms with E-state index in [0.717, 1.165) is 44.0 Å². The van der Waals surface area contributed by atoms with Crippen LogP contribution in [0.3, 0.4) is 0 Å². The molecule has 1 heterocycles. The van der Waals surface area contributed by atoms with E-state index in [-0.39, 0.29) is 11.9 Å². The van der Waals surface area contributed by atoms with Crippen molar-refractivity contribution >= 4 is 0 Å². The number of ether oxygens (including phenoxy) is 2. The van der Waals surface area contributed by atoms with Crippen LogP contribution in [0.4, 0.5) is 4.39 Å². The minimum atomic E-state index is -0.199. The summed E-state index contributed by atoms with van der Waals surface area (Å²) in [5, 5.41) is 3.31. The Morgan fingerprint density at radius 2 is 2.25 bits per heavy atom. The molecule has 0 aliphatic carbocycles. The van der Waals surface area contributed by atoms with Gasteiger partial charge in [-0.1, -0.05) is 0 Å². The van der Waals surface area contributed by atoms with Crippen molar-refractivity contribution in [1.29, 1.82) is 0 Å². The summed E-state index contributed by atoms with van der Waals surface area (Å²) in [6, 6.07) is 4.70. The molecule has 1 aliphatic rings. The second-order valence-electron chi connectivity index (χ2n) is 5.32. The molecule has 0 saturated heterocycles. The fourth-order valence-corrected chi connectivity index (χ4v) is 2.16. The summed E-state index contributed by atoms with van der Waals surface area (Å²) in [5.41, 5.74) is 0.957. The smallest absolute Gasteiger partial charge is 0.123 e. The molecule has 1 aromatic rings. The van der Waals surface area contributed by atoms with Crippen LogP contribution in [0.25, 0.3) is 0 Å². The van der Waals surface area contributed by atoms with Crippen molar-refractivity contribution in [2.45, 2.75) is 12.5 Å². The molecule has 1 atom stereocenters. The van der Waals surface area contributed by atoms with E-state index in [1.165, 1.54) is 6.07 Å². The molecule has 5 heteroatoms. The van der Waals surface area contributed by atoms with Gasteiger partial charge < -0.3 is 19.7 Å². The second-order valence-corrected chi connectivity index (χ2v) is 5.32. The Bertz CT molecular complexity index is 426. The van der Waals surface area contributed by atoms with E-state index in [9.17, 15) is 4.39 Å². The monoisotopic (exact) mass is 282 g/mol. The van der Waals surface area contributed by atoms with Crippen molar-refractivity contribution < 1.29 is 13.9 Å². The Balaban J connectivity index is 1.56. The summed E-state index contributed by atoms with van der Waals surface area (Å²) >= 11 is 0. The molecule has 1 aliphatic heterocycles. The highest BCUT2D eigenvalue weighted by Crippen LogP contribution is 2.28. The van der Waals surface area contributed by atoms with Crippen LogP contribution >= 0.6 is 0 Å². The van der Waals surface area contributed by atoms with Crippen LogP contribution in [0.2, 0.25) is 0 Å². The molecule has 1 aromatic carbocycles. The Morgan fingerprint density at radius 3 is 3.05 bits per heavy atom. The van der Waals surface area contributed by atoms with Gasteiger partial charge in [-0.25, -0.2) is 4.39 Å². The zero-order valence-electron chi connectivity index (χ0n) is 12.2. The number of hydrogen-bond acceptors (Lipinski definition) is 4. The van der Waals surface area contributed by atoms with Crippen LogP contribution in [-0.4, -0.2) is 57.9 Å². The standard InChI is InChI=1S/C15H23FN2O2/c1-18(2)6-8-19-7-5-17-11-14-10-12-9-13(16)3-4-15(12)20-14/h3-4,9,14,17H,5-8,10-11H2,1-2H3. The van der Waals surface area contributed by atoms with Crippen LogP contribution in [0, 0.1) is 5.82 Å². The first kappa shape index (κ1) is 15.2. The van der Waals surface area contributed by atoms with Gasteiger partial charge in [0.1, 0.15) is 17.7 Å². The van der Waals surface area contributed by atoms with Crippen molar-refractivity contribution in [3.05, 3.63) is 29.6 Å². The summed E-state index contributed by atoms with van der Waals surface area (Å²) in [6.07, 6.45) is 0.857. The lowest BCUT2D eigenvalue weighted by Crippen LogP contribution is -2.32. The van der Waals surface area contributed by atoms with Crippen molar-refractivity contribution in [3.63, 3.8) is 0 Å². The summed E-state index contributed by atoms with van der Waals surface area (Å²) in [6.45, 7) is 3.94. The molecule has 1 N–H and O–H groups in total. The van der Waals surface area contributed by atoms with Crippen LogP contribution < -0.4 is 10.1 Å². The fraction of sp³-hybridized carbons (Fsp3) is 0.600. The van der Waals surface area contributed by atoms with E-state index < -0.39 is 0 Å². The first-order valence-corrected chi connectivity index (χ1v) is 7.03. The maximum absolute atomic E-state index is 13.1. The molecule has 1 unspecified atom stereocenters. The SMILES string of the molecule is CN(C)CCOCCNCC1Cc2cc(F)ccc2O1. The van der Waals surface area contributed by atoms with Crippen LogP contribution in [0.15, 0.2) is 18.2 Å². The Labute approximate surface area is 119 Å². The average molecular weight is 282 g/mol. The zero-order valence-corrected chi connectivity index (χ0v) is 12.2. The number of fused-ring (bicyclic) bond motifs is 1. The lowest BCUT2D eigenvalue weighted by molar-refractivity contribution is 0.117. The molecule has 0 fully saturated rings. The molecule has 0 amide bonds. The van der Waals surface area contributed by atoms with E-state index in [0.29, 0.717) is 6.61 Å². The molecule has 0 spiro atoms. The summed E-state index contributed by atoms with van der Waals surface area (Å²) < 4.78 is 24.3. The highest BCUT2D eigenvalue weighted by Gasteiger charge is 2.22. The van der Waals surface area contributed by atoms with Gasteiger partial charge in [-0.3, -0.25) is 0 Å². The quantitative estimate of drug-likeness (QED) is 0.729. The molecular weight excluding hydrogens is 259 g/mol. The van der Waals surface area contributed by atoms with Gasteiger partial charge in [0.25, 0.3) is 0 Å². The van der Waals surface area contributed by atoms with Crippen molar-refractivity contribution in [2.75, 3.05) is 46.9 Å². The third-order valence-corrected chi connectivity index (χ3v) is 3.24. The minimum absolute atomic E-state index is 0.0913. The first-order chi connectivity index (χ1) is 9.65. The number of rotatable bonds is 8. The number of likely N-dealkylation sites (N-methyl/N-ethyl adjacent to an activating group) is 1. The van der Waals surface area contributed by atoms with E-state index in [1.54, 1.807) is 12.1 Å². The minimum Gasteiger partial charge on any atom is -0.488 e. The topological polar surface area (TPSA) is 33.7 Å². The van der Waals surface area contributed by atoms with E-state index >= 15 is 0 Å². The maximum Gasteiger partial charge on any atom is 0.123 e. The molecule has 20 heavy (non-hydrogen) atoms. The van der Waals surface area contributed by atoms with Gasteiger partial charge in [-0.05, 0) is 32.3 Å². The lowest BCUT2D eigenvalue weighted by Gasteiger charge is -2.13. The van der Waals surface area contributed by atoms with Crippen LogP contribution in [0.5, 0.6) is 5.75 Å². The lowest BCUT2D eigenvalue weighted by atomic mass is 10.1. The van der Waals surface area contributed by atoms with Crippen LogP contribution in [0.1, 0.15) is 5.56 Å². The highest BCUT2D eigenvalue weighted by atomic mass is 19.1. The Kier molecular flexibility index (Phi) is 5.76. The van der Waals surface area contributed by atoms with Gasteiger partial charge in [0.2, 0.25) is 0 Å². The maximum atomic E-state index is 13.1. The predicted octanol–water partition coefficient (Wildman–Crippen LogP) is 1.30. The number of nitrogens with one attached hydrogen (secondary N) is 1. The fourth-order valence-electron chi connectivity index (χ4n) is 2.16. The zero-order chi connectivity index (χ0) is 14.4. The summed E-state index contributed by atoms with van der Waals surface area (Å²) in [4.78, 5) is 2.09. The second kappa shape index (κ2) is 7.57. The van der Waals surface area contributed by atoms with Crippen molar-refractivity contribution in [1.82, 2.24) is 10.2 Å². The van der Waals surface area contributed by atoms with E-state index in [2.05, 4.69) is 10.2 Å². The normalized spacial score (nSPS) is 17.3. The molecule has 4 nitrogen and oxygen atoms in total. The Hall–Kier alpha value is -1.17. The highest BCUT2D eigenvalue weighted by molar-refractivity contribution is 5.37. The molecule has 0 saturated carbocycles. The van der Waals surface area contributed by atoms with Crippen molar-refractivity contribution in [2.24, 2.45) is 0 Å². The van der Waals surface area contributed by atoms with Crippen molar-refractivity contribution in [3.8, 4) is 5.75 Å². The van der Waals surface area contributed by atoms with Gasteiger partial charge >= 0.3 is 0 Å². The molecule has 2 rings (SSSR count). The largest absolute Gasteiger partial charge is 0.488 e. The third kappa shape index (κ3) is 4.74. The van der Waals surface area contributed by atoms with E-state index in [4.69, 9.17) is 9.47 Å².